The number of nitrogens with zero attached hydrogens (tertiary/aromatic N) is 2. The van der Waals surface area contributed by atoms with Gasteiger partial charge >= 0.3 is 5.97 Å². The Hall–Kier alpha value is -1.04. The molecular formula is C8H12N2O3S. The monoisotopic (exact) mass is 216 g/mol. The van der Waals surface area contributed by atoms with Gasteiger partial charge in [-0.1, -0.05) is 19.0 Å². The number of aliphatic carboxylic acids is 1. The fraction of sp³-hybridized carbons (Fsp3) is 0.625. The van der Waals surface area contributed by atoms with E-state index < -0.39 is 11.2 Å². The zero-order valence-corrected chi connectivity index (χ0v) is 8.82. The summed E-state index contributed by atoms with van der Waals surface area (Å²) < 4.78 is 4.55. The van der Waals surface area contributed by atoms with Crippen LogP contribution in [0.4, 0.5) is 0 Å². The number of hydrogen-bond donors (Lipinski definition) is 1. The molecule has 1 aromatic heterocycles. The van der Waals surface area contributed by atoms with Gasteiger partial charge in [-0.2, -0.15) is 4.98 Å². The second kappa shape index (κ2) is 4.99. The van der Waals surface area contributed by atoms with E-state index in [0.29, 0.717) is 11.6 Å². The molecule has 1 heterocycles. The van der Waals surface area contributed by atoms with Crippen molar-refractivity contribution in [3.05, 3.63) is 12.2 Å². The molecule has 0 aliphatic carbocycles. The third-order valence-corrected chi connectivity index (χ3v) is 3.18. The van der Waals surface area contributed by atoms with Crippen LogP contribution in [0.15, 0.2) is 10.9 Å². The maximum atomic E-state index is 10.8. The first kappa shape index (κ1) is 11.0. The first-order chi connectivity index (χ1) is 6.61. The van der Waals surface area contributed by atoms with E-state index in [1.807, 2.05) is 13.8 Å². The maximum Gasteiger partial charge on any atom is 0.316 e. The Morgan fingerprint density at radius 2 is 2.43 bits per heavy atom. The Bertz CT molecular complexity index is 287. The van der Waals surface area contributed by atoms with Crippen LogP contribution in [0.2, 0.25) is 0 Å². The standard InChI is InChI=1S/C8H12N2O3S/c1-5(2)7(8(11)12)14-3-6-9-4-13-10-6/h4-5,7H,3H2,1-2H3,(H,11,12). The van der Waals surface area contributed by atoms with Crippen LogP contribution in [-0.4, -0.2) is 26.5 Å². The Labute approximate surface area is 85.9 Å². The van der Waals surface area contributed by atoms with Crippen LogP contribution in [0.5, 0.6) is 0 Å². The Kier molecular flexibility index (Phi) is 3.94. The molecule has 1 aromatic rings. The number of carboxylic acid groups (broad SMARTS) is 1. The first-order valence-corrected chi connectivity index (χ1v) is 5.25. The van der Waals surface area contributed by atoms with Crippen molar-refractivity contribution in [2.45, 2.75) is 24.9 Å². The SMILES string of the molecule is CC(C)C(SCc1ncon1)C(=O)O. The average molecular weight is 216 g/mol. The van der Waals surface area contributed by atoms with Crippen molar-refractivity contribution in [1.82, 2.24) is 10.1 Å². The number of hydrogen-bond acceptors (Lipinski definition) is 5. The van der Waals surface area contributed by atoms with Gasteiger partial charge in [-0.25, -0.2) is 0 Å². The number of carbonyl (C=O) groups is 1. The zero-order chi connectivity index (χ0) is 10.6. The molecule has 1 rings (SSSR count). The highest BCUT2D eigenvalue weighted by Gasteiger charge is 2.22. The van der Waals surface area contributed by atoms with Crippen LogP contribution >= 0.6 is 11.8 Å². The van der Waals surface area contributed by atoms with Gasteiger partial charge in [-0.15, -0.1) is 11.8 Å². The first-order valence-electron chi connectivity index (χ1n) is 4.21. The van der Waals surface area contributed by atoms with E-state index in [2.05, 4.69) is 14.7 Å². The van der Waals surface area contributed by atoms with Gasteiger partial charge in [0, 0.05) is 0 Å². The average Bonchev–Trinajstić information content (AvgIpc) is 2.55. The van der Waals surface area contributed by atoms with Gasteiger partial charge in [0.15, 0.2) is 5.82 Å². The van der Waals surface area contributed by atoms with Gasteiger partial charge in [0.2, 0.25) is 6.39 Å². The molecule has 0 aliphatic heterocycles. The Morgan fingerprint density at radius 3 is 2.86 bits per heavy atom. The van der Waals surface area contributed by atoms with Gasteiger partial charge in [0.1, 0.15) is 5.25 Å². The molecule has 78 valence electrons. The van der Waals surface area contributed by atoms with E-state index in [1.165, 1.54) is 18.2 Å². The lowest BCUT2D eigenvalue weighted by atomic mass is 10.1. The van der Waals surface area contributed by atoms with Crippen molar-refractivity contribution in [2.24, 2.45) is 5.92 Å². The van der Waals surface area contributed by atoms with Crippen LogP contribution in [0, 0.1) is 5.92 Å². The highest BCUT2D eigenvalue weighted by Crippen LogP contribution is 2.22. The lowest BCUT2D eigenvalue weighted by Gasteiger charge is -2.13. The van der Waals surface area contributed by atoms with Crippen LogP contribution in [0.3, 0.4) is 0 Å². The Balaban J connectivity index is 2.45. The van der Waals surface area contributed by atoms with Gasteiger partial charge in [0.25, 0.3) is 0 Å². The smallest absolute Gasteiger partial charge is 0.316 e. The normalized spacial score (nSPS) is 13.1. The van der Waals surface area contributed by atoms with Gasteiger partial charge in [0.05, 0.1) is 5.75 Å². The highest BCUT2D eigenvalue weighted by molar-refractivity contribution is 7.99. The zero-order valence-electron chi connectivity index (χ0n) is 8.01. The van der Waals surface area contributed by atoms with Crippen molar-refractivity contribution >= 4 is 17.7 Å². The van der Waals surface area contributed by atoms with Crippen molar-refractivity contribution in [3.8, 4) is 0 Å². The molecule has 0 radical (unpaired) electrons. The van der Waals surface area contributed by atoms with E-state index in [1.54, 1.807) is 0 Å². The predicted octanol–water partition coefficient (Wildman–Crippen LogP) is 1.41. The third kappa shape index (κ3) is 3.02. The molecule has 0 aromatic carbocycles. The minimum absolute atomic E-state index is 0.0874. The summed E-state index contributed by atoms with van der Waals surface area (Å²) in [5, 5.41) is 12.1. The summed E-state index contributed by atoms with van der Waals surface area (Å²) >= 11 is 1.31. The molecule has 0 bridgehead atoms. The molecule has 6 heteroatoms. The fourth-order valence-corrected chi connectivity index (χ4v) is 1.95. The van der Waals surface area contributed by atoms with Gasteiger partial charge in [-0.05, 0) is 5.92 Å². The molecule has 0 saturated carbocycles. The molecule has 0 saturated heterocycles. The summed E-state index contributed by atoms with van der Waals surface area (Å²) in [5.74, 6) is 0.283. The molecule has 1 atom stereocenters. The minimum Gasteiger partial charge on any atom is -0.480 e. The van der Waals surface area contributed by atoms with Crippen molar-refractivity contribution < 1.29 is 14.4 Å². The van der Waals surface area contributed by atoms with E-state index >= 15 is 0 Å². The number of rotatable bonds is 5. The van der Waals surface area contributed by atoms with Gasteiger partial charge in [-0.3, -0.25) is 4.79 Å². The summed E-state index contributed by atoms with van der Waals surface area (Å²) in [5.41, 5.74) is 0. The quantitative estimate of drug-likeness (QED) is 0.802. The summed E-state index contributed by atoms with van der Waals surface area (Å²) in [6, 6.07) is 0. The summed E-state index contributed by atoms with van der Waals surface area (Å²) in [7, 11) is 0. The molecule has 1 N–H and O–H groups in total. The van der Waals surface area contributed by atoms with Crippen LogP contribution in [-0.2, 0) is 10.5 Å². The van der Waals surface area contributed by atoms with E-state index in [9.17, 15) is 4.79 Å². The van der Waals surface area contributed by atoms with Crippen molar-refractivity contribution in [2.75, 3.05) is 0 Å². The molecule has 0 amide bonds. The van der Waals surface area contributed by atoms with E-state index in [4.69, 9.17) is 5.11 Å². The second-order valence-electron chi connectivity index (χ2n) is 3.16. The molecule has 14 heavy (non-hydrogen) atoms. The number of thioether (sulfide) groups is 1. The number of carboxylic acids is 1. The number of aromatic nitrogens is 2. The van der Waals surface area contributed by atoms with E-state index in [-0.39, 0.29) is 5.92 Å². The third-order valence-electron chi connectivity index (χ3n) is 1.65. The molecular weight excluding hydrogens is 204 g/mol. The lowest BCUT2D eigenvalue weighted by Crippen LogP contribution is -2.22. The largest absolute Gasteiger partial charge is 0.480 e. The maximum absolute atomic E-state index is 10.8. The molecule has 0 aliphatic rings. The topological polar surface area (TPSA) is 76.2 Å². The second-order valence-corrected chi connectivity index (χ2v) is 4.29. The van der Waals surface area contributed by atoms with E-state index in [0.717, 1.165) is 0 Å². The van der Waals surface area contributed by atoms with Crippen LogP contribution < -0.4 is 0 Å². The van der Waals surface area contributed by atoms with Crippen LogP contribution in [0.1, 0.15) is 19.7 Å². The molecule has 0 spiro atoms. The van der Waals surface area contributed by atoms with Crippen molar-refractivity contribution in [3.63, 3.8) is 0 Å². The summed E-state index contributed by atoms with van der Waals surface area (Å²) in [6.07, 6.45) is 1.24. The van der Waals surface area contributed by atoms with Crippen molar-refractivity contribution in [1.29, 1.82) is 0 Å². The highest BCUT2D eigenvalue weighted by atomic mass is 32.2. The Morgan fingerprint density at radius 1 is 1.71 bits per heavy atom. The molecule has 5 nitrogen and oxygen atoms in total. The fourth-order valence-electron chi connectivity index (χ4n) is 0.969. The minimum atomic E-state index is -0.798. The predicted molar refractivity (Wildman–Crippen MR) is 51.9 cm³/mol. The van der Waals surface area contributed by atoms with Gasteiger partial charge < -0.3 is 9.63 Å². The molecule has 1 unspecified atom stereocenters. The lowest BCUT2D eigenvalue weighted by molar-refractivity contribution is -0.137. The van der Waals surface area contributed by atoms with Crippen LogP contribution in [0.25, 0.3) is 0 Å². The summed E-state index contributed by atoms with van der Waals surface area (Å²) in [6.45, 7) is 3.75. The summed E-state index contributed by atoms with van der Waals surface area (Å²) in [4.78, 5) is 14.6. The molecule has 0 fully saturated rings.